The molecule has 10 heteroatoms. The topological polar surface area (TPSA) is 134 Å². The van der Waals surface area contributed by atoms with Crippen LogP contribution >= 0.6 is 11.6 Å². The van der Waals surface area contributed by atoms with E-state index in [1.807, 2.05) is 0 Å². The number of amides is 1. The summed E-state index contributed by atoms with van der Waals surface area (Å²) >= 11 is 5.99. The van der Waals surface area contributed by atoms with Crippen LogP contribution in [0.25, 0.3) is 0 Å². The van der Waals surface area contributed by atoms with Crippen LogP contribution in [0.15, 0.2) is 36.4 Å². The average Bonchev–Trinajstić information content (AvgIpc) is 2.61. The molecular formula is C17H16ClN3O6. The Bertz CT molecular complexity index is 902. The number of non-ortho nitro benzene ring substituents is 1. The van der Waals surface area contributed by atoms with Crippen LogP contribution in [0, 0.1) is 10.1 Å². The van der Waals surface area contributed by atoms with Crippen LogP contribution in [0.5, 0.6) is 5.75 Å². The van der Waals surface area contributed by atoms with Crippen molar-refractivity contribution in [3.8, 4) is 5.75 Å². The maximum absolute atomic E-state index is 12.2. The molecule has 1 atom stereocenters. The van der Waals surface area contributed by atoms with Gasteiger partial charge in [-0.2, -0.15) is 0 Å². The number of esters is 1. The lowest BCUT2D eigenvalue weighted by atomic mass is 10.1. The van der Waals surface area contributed by atoms with Crippen LogP contribution < -0.4 is 15.8 Å². The van der Waals surface area contributed by atoms with Gasteiger partial charge in [0.2, 0.25) is 0 Å². The zero-order chi connectivity index (χ0) is 20.1. The molecule has 27 heavy (non-hydrogen) atoms. The number of nitrogens with zero attached hydrogens (tertiary/aromatic N) is 1. The van der Waals surface area contributed by atoms with Crippen molar-refractivity contribution >= 4 is 40.5 Å². The number of nitro benzene ring substituents is 1. The molecule has 1 amide bonds. The first kappa shape index (κ1) is 20.0. The Morgan fingerprint density at radius 3 is 2.52 bits per heavy atom. The van der Waals surface area contributed by atoms with E-state index in [9.17, 15) is 19.7 Å². The molecule has 9 nitrogen and oxygen atoms in total. The Labute approximate surface area is 159 Å². The molecule has 0 aliphatic carbocycles. The van der Waals surface area contributed by atoms with E-state index >= 15 is 0 Å². The monoisotopic (exact) mass is 393 g/mol. The highest BCUT2D eigenvalue weighted by Gasteiger charge is 2.22. The van der Waals surface area contributed by atoms with Crippen molar-refractivity contribution in [3.63, 3.8) is 0 Å². The van der Waals surface area contributed by atoms with Gasteiger partial charge in [0, 0.05) is 17.8 Å². The van der Waals surface area contributed by atoms with Crippen LogP contribution in [0.4, 0.5) is 17.1 Å². The summed E-state index contributed by atoms with van der Waals surface area (Å²) in [5.74, 6) is -1.02. The number of hydrogen-bond acceptors (Lipinski definition) is 7. The molecule has 0 saturated heterocycles. The molecule has 2 aromatic carbocycles. The third-order valence-corrected chi connectivity index (χ3v) is 3.83. The van der Waals surface area contributed by atoms with Gasteiger partial charge < -0.3 is 20.5 Å². The SMILES string of the molecule is COc1ccc(NC(=O)[C@H](C)OC(=O)c2ccc([N+](=O)[O-])cc2N)cc1Cl. The lowest BCUT2D eigenvalue weighted by molar-refractivity contribution is -0.384. The molecule has 0 aromatic heterocycles. The molecule has 0 spiro atoms. The van der Waals surface area contributed by atoms with Gasteiger partial charge in [-0.25, -0.2) is 4.79 Å². The van der Waals surface area contributed by atoms with Crippen LogP contribution in [0.1, 0.15) is 17.3 Å². The number of nitrogens with one attached hydrogen (secondary N) is 1. The second-order valence-electron chi connectivity index (χ2n) is 5.41. The molecule has 2 rings (SSSR count). The van der Waals surface area contributed by atoms with Gasteiger partial charge in [0.25, 0.3) is 11.6 Å². The zero-order valence-electron chi connectivity index (χ0n) is 14.4. The number of carbonyl (C=O) groups excluding carboxylic acids is 2. The average molecular weight is 394 g/mol. The number of carbonyl (C=O) groups is 2. The molecule has 0 radical (unpaired) electrons. The number of benzene rings is 2. The highest BCUT2D eigenvalue weighted by atomic mass is 35.5. The number of nitro groups is 1. The smallest absolute Gasteiger partial charge is 0.341 e. The van der Waals surface area contributed by atoms with E-state index in [0.717, 1.165) is 12.1 Å². The van der Waals surface area contributed by atoms with E-state index in [1.165, 1.54) is 26.2 Å². The van der Waals surface area contributed by atoms with E-state index in [-0.39, 0.29) is 16.9 Å². The van der Waals surface area contributed by atoms with Crippen molar-refractivity contribution in [1.29, 1.82) is 0 Å². The summed E-state index contributed by atoms with van der Waals surface area (Å²) in [6.07, 6.45) is -1.15. The fraction of sp³-hybridized carbons (Fsp3) is 0.176. The first-order valence-corrected chi connectivity index (χ1v) is 8.00. The molecule has 0 bridgehead atoms. The molecule has 0 heterocycles. The van der Waals surface area contributed by atoms with Gasteiger partial charge in [-0.05, 0) is 31.2 Å². The Morgan fingerprint density at radius 2 is 1.96 bits per heavy atom. The highest BCUT2D eigenvalue weighted by molar-refractivity contribution is 6.32. The number of methoxy groups -OCH3 is 1. The van der Waals surface area contributed by atoms with E-state index in [1.54, 1.807) is 12.1 Å². The van der Waals surface area contributed by atoms with Crippen LogP contribution in [0.2, 0.25) is 5.02 Å². The minimum atomic E-state index is -1.15. The maximum atomic E-state index is 12.2. The Hall–Kier alpha value is -3.33. The fourth-order valence-electron chi connectivity index (χ4n) is 2.12. The molecular weight excluding hydrogens is 378 g/mol. The first-order valence-electron chi connectivity index (χ1n) is 7.62. The van der Waals surface area contributed by atoms with Crippen molar-refractivity contribution in [2.75, 3.05) is 18.2 Å². The Balaban J connectivity index is 2.04. The van der Waals surface area contributed by atoms with Gasteiger partial charge in [0.05, 0.1) is 28.3 Å². The van der Waals surface area contributed by atoms with Crippen molar-refractivity contribution in [2.45, 2.75) is 13.0 Å². The van der Waals surface area contributed by atoms with Crippen molar-refractivity contribution in [3.05, 3.63) is 57.1 Å². The number of hydrogen-bond donors (Lipinski definition) is 2. The summed E-state index contributed by atoms with van der Waals surface area (Å²) in [7, 11) is 1.46. The first-order chi connectivity index (χ1) is 12.7. The summed E-state index contributed by atoms with van der Waals surface area (Å²) in [5, 5.41) is 13.6. The second kappa shape index (κ2) is 8.37. The van der Waals surface area contributed by atoms with Crippen LogP contribution in [-0.2, 0) is 9.53 Å². The third-order valence-electron chi connectivity index (χ3n) is 3.54. The quantitative estimate of drug-likeness (QED) is 0.333. The van der Waals surface area contributed by atoms with Gasteiger partial charge in [-0.15, -0.1) is 0 Å². The Morgan fingerprint density at radius 1 is 1.26 bits per heavy atom. The van der Waals surface area contributed by atoms with Crippen molar-refractivity contribution in [1.82, 2.24) is 0 Å². The molecule has 2 aromatic rings. The van der Waals surface area contributed by atoms with E-state index in [0.29, 0.717) is 16.5 Å². The van der Waals surface area contributed by atoms with Gasteiger partial charge in [-0.1, -0.05) is 11.6 Å². The number of nitrogens with two attached hydrogens (primary N) is 1. The number of rotatable bonds is 6. The lowest BCUT2D eigenvalue weighted by Gasteiger charge is -2.15. The summed E-state index contributed by atoms with van der Waals surface area (Å²) in [6.45, 7) is 1.37. The van der Waals surface area contributed by atoms with Crippen LogP contribution in [-0.4, -0.2) is 30.0 Å². The van der Waals surface area contributed by atoms with Gasteiger partial charge in [0.1, 0.15) is 5.75 Å². The number of nitrogen functional groups attached to an aromatic ring is 1. The summed E-state index contributed by atoms with van der Waals surface area (Å²) in [6, 6.07) is 7.97. The highest BCUT2D eigenvalue weighted by Crippen LogP contribution is 2.27. The zero-order valence-corrected chi connectivity index (χ0v) is 15.1. The summed E-state index contributed by atoms with van der Waals surface area (Å²) in [5.41, 5.74) is 5.58. The van der Waals surface area contributed by atoms with Gasteiger partial charge in [-0.3, -0.25) is 14.9 Å². The van der Waals surface area contributed by atoms with Crippen molar-refractivity contribution < 1.29 is 24.0 Å². The maximum Gasteiger partial charge on any atom is 0.341 e. The Kier molecular flexibility index (Phi) is 6.19. The van der Waals surface area contributed by atoms with Crippen LogP contribution in [0.3, 0.4) is 0 Å². The predicted molar refractivity (Wildman–Crippen MR) is 99.0 cm³/mol. The molecule has 0 saturated carbocycles. The number of ether oxygens (including phenoxy) is 2. The molecule has 0 fully saturated rings. The largest absolute Gasteiger partial charge is 0.495 e. The fourth-order valence-corrected chi connectivity index (χ4v) is 2.37. The second-order valence-corrected chi connectivity index (χ2v) is 5.82. The standard InChI is InChI=1S/C17H16ClN3O6/c1-9(16(22)20-10-3-6-15(26-2)13(18)7-10)27-17(23)12-5-4-11(21(24)25)8-14(12)19/h3-9H,19H2,1-2H3,(H,20,22)/t9-/m0/s1. The molecule has 142 valence electrons. The molecule has 0 aliphatic heterocycles. The van der Waals surface area contributed by atoms with Crippen molar-refractivity contribution in [2.24, 2.45) is 0 Å². The summed E-state index contributed by atoms with van der Waals surface area (Å²) < 4.78 is 10.1. The minimum Gasteiger partial charge on any atom is -0.495 e. The molecule has 0 aliphatic rings. The van der Waals surface area contributed by atoms with Gasteiger partial charge in [0.15, 0.2) is 6.10 Å². The number of anilines is 2. The number of halogens is 1. The minimum absolute atomic E-state index is 0.0762. The van der Waals surface area contributed by atoms with E-state index < -0.39 is 22.9 Å². The molecule has 3 N–H and O–H groups in total. The molecule has 0 unspecified atom stereocenters. The van der Waals surface area contributed by atoms with E-state index in [4.69, 9.17) is 26.8 Å². The lowest BCUT2D eigenvalue weighted by Crippen LogP contribution is -2.30. The van der Waals surface area contributed by atoms with Gasteiger partial charge >= 0.3 is 5.97 Å². The summed E-state index contributed by atoms with van der Waals surface area (Å²) in [4.78, 5) is 34.4. The van der Waals surface area contributed by atoms with E-state index in [2.05, 4.69) is 5.32 Å². The normalized spacial score (nSPS) is 11.4. The third kappa shape index (κ3) is 4.85. The predicted octanol–water partition coefficient (Wildman–Crippen LogP) is 3.02.